The van der Waals surface area contributed by atoms with Crippen LogP contribution in [0.4, 0.5) is 0 Å². The summed E-state index contributed by atoms with van der Waals surface area (Å²) in [5.41, 5.74) is 7.79. The third-order valence-electron chi connectivity index (χ3n) is 4.47. The number of hydrogen-bond acceptors (Lipinski definition) is 4. The molecule has 0 aliphatic carbocycles. The van der Waals surface area contributed by atoms with E-state index in [2.05, 4.69) is 81.5 Å². The summed E-state index contributed by atoms with van der Waals surface area (Å²) in [6, 6.07) is 17.0. The first-order chi connectivity index (χ1) is 13.3. The van der Waals surface area contributed by atoms with E-state index in [1.807, 2.05) is 24.8 Å². The molecule has 2 aromatic heterocycles. The molecule has 0 fully saturated rings. The van der Waals surface area contributed by atoms with Gasteiger partial charge in [-0.25, -0.2) is 19.9 Å². The fourth-order valence-electron chi connectivity index (χ4n) is 3.08. The number of rotatable bonds is 4. The largest absolute Gasteiger partial charge is 0.244 e. The van der Waals surface area contributed by atoms with Crippen LogP contribution in [0.15, 0.2) is 92.0 Å². The lowest BCUT2D eigenvalue weighted by Crippen LogP contribution is -1.89. The predicted octanol–water partition coefficient (Wildman–Crippen LogP) is 5.05. The maximum atomic E-state index is 4.08. The Hall–Kier alpha value is -3.66. The molecule has 4 aromatic rings. The maximum Gasteiger partial charge on any atom is 0.115 e. The minimum absolute atomic E-state index is 1.01. The fourth-order valence-corrected chi connectivity index (χ4v) is 3.08. The van der Waals surface area contributed by atoms with E-state index < -0.39 is 0 Å². The molecule has 2 heterocycles. The molecule has 0 amide bonds. The van der Waals surface area contributed by atoms with Gasteiger partial charge in [0.25, 0.3) is 0 Å². The lowest BCUT2D eigenvalue weighted by atomic mass is 9.95. The van der Waals surface area contributed by atoms with E-state index in [4.69, 9.17) is 0 Å². The van der Waals surface area contributed by atoms with Crippen LogP contribution >= 0.6 is 0 Å². The van der Waals surface area contributed by atoms with Gasteiger partial charge in [0.15, 0.2) is 0 Å². The van der Waals surface area contributed by atoms with E-state index in [1.54, 1.807) is 12.7 Å². The van der Waals surface area contributed by atoms with Gasteiger partial charge in [0.1, 0.15) is 12.7 Å². The van der Waals surface area contributed by atoms with Crippen molar-refractivity contribution in [2.45, 2.75) is 6.92 Å². The summed E-state index contributed by atoms with van der Waals surface area (Å²) in [6.45, 7) is 2.06. The Balaban J connectivity index is 1.61. The van der Waals surface area contributed by atoms with Crippen molar-refractivity contribution in [3.63, 3.8) is 0 Å². The Morgan fingerprint density at radius 1 is 0.556 bits per heavy atom. The van der Waals surface area contributed by atoms with Gasteiger partial charge in [0.05, 0.1) is 0 Å². The molecular weight excluding hydrogens is 332 g/mol. The number of aromatic nitrogens is 4. The number of nitrogens with zero attached hydrogens (tertiary/aromatic N) is 4. The highest BCUT2D eigenvalue weighted by molar-refractivity contribution is 5.81. The Bertz CT molecular complexity index is 954. The molecule has 2 aromatic carbocycles. The molecule has 0 atom stereocenters. The van der Waals surface area contributed by atoms with Crippen molar-refractivity contribution in [3.8, 4) is 22.3 Å². The van der Waals surface area contributed by atoms with Gasteiger partial charge in [0.2, 0.25) is 0 Å². The summed E-state index contributed by atoms with van der Waals surface area (Å²) in [5, 5.41) is 0. The standard InChI is InChI=1S/C23H18N4/c1-2-23(19-7-3-17(4-8-19)21-11-24-15-25-12-21)20-9-5-18(6-10-20)22-13-26-16-27-14-22/h2-16H,1H3. The molecule has 4 heteroatoms. The van der Waals surface area contributed by atoms with Gasteiger partial charge >= 0.3 is 0 Å². The van der Waals surface area contributed by atoms with Crippen LogP contribution in [0.5, 0.6) is 0 Å². The fraction of sp³-hybridized carbons (Fsp3) is 0.0435. The van der Waals surface area contributed by atoms with E-state index in [0.717, 1.165) is 22.3 Å². The van der Waals surface area contributed by atoms with Crippen molar-refractivity contribution >= 4 is 5.57 Å². The topological polar surface area (TPSA) is 51.6 Å². The molecule has 0 radical (unpaired) electrons. The summed E-state index contributed by atoms with van der Waals surface area (Å²) >= 11 is 0. The second kappa shape index (κ2) is 7.70. The molecule has 0 N–H and O–H groups in total. The first-order valence-corrected chi connectivity index (χ1v) is 8.73. The van der Waals surface area contributed by atoms with Crippen LogP contribution in [0.2, 0.25) is 0 Å². The van der Waals surface area contributed by atoms with Gasteiger partial charge in [-0.2, -0.15) is 0 Å². The zero-order valence-electron chi connectivity index (χ0n) is 14.9. The first kappa shape index (κ1) is 16.8. The second-order valence-corrected chi connectivity index (χ2v) is 6.11. The average molecular weight is 350 g/mol. The third-order valence-corrected chi connectivity index (χ3v) is 4.47. The van der Waals surface area contributed by atoms with E-state index in [-0.39, 0.29) is 0 Å². The highest BCUT2D eigenvalue weighted by atomic mass is 14.8. The summed E-state index contributed by atoms with van der Waals surface area (Å²) in [7, 11) is 0. The summed E-state index contributed by atoms with van der Waals surface area (Å²) in [4.78, 5) is 16.3. The van der Waals surface area contributed by atoms with Gasteiger partial charge in [-0.1, -0.05) is 54.6 Å². The molecule has 0 saturated carbocycles. The molecule has 0 saturated heterocycles. The van der Waals surface area contributed by atoms with Gasteiger partial charge in [-0.15, -0.1) is 0 Å². The number of benzene rings is 2. The average Bonchev–Trinajstić information content (AvgIpc) is 2.76. The Labute approximate surface area is 158 Å². The number of hydrogen-bond donors (Lipinski definition) is 0. The van der Waals surface area contributed by atoms with Gasteiger partial charge < -0.3 is 0 Å². The zero-order valence-corrected chi connectivity index (χ0v) is 14.9. The second-order valence-electron chi connectivity index (χ2n) is 6.11. The Morgan fingerprint density at radius 2 is 0.926 bits per heavy atom. The minimum Gasteiger partial charge on any atom is -0.244 e. The summed E-state index contributed by atoms with van der Waals surface area (Å²) in [5.74, 6) is 0. The zero-order chi connectivity index (χ0) is 18.5. The van der Waals surface area contributed by atoms with Crippen molar-refractivity contribution in [1.29, 1.82) is 0 Å². The van der Waals surface area contributed by atoms with Crippen LogP contribution in [0.25, 0.3) is 27.8 Å². The molecule has 0 unspecified atom stereocenters. The van der Waals surface area contributed by atoms with Crippen LogP contribution in [-0.2, 0) is 0 Å². The van der Waals surface area contributed by atoms with E-state index in [1.165, 1.54) is 16.7 Å². The van der Waals surface area contributed by atoms with Crippen LogP contribution in [0.3, 0.4) is 0 Å². The van der Waals surface area contributed by atoms with Crippen molar-refractivity contribution in [2.24, 2.45) is 0 Å². The van der Waals surface area contributed by atoms with Crippen molar-refractivity contribution in [2.75, 3.05) is 0 Å². The lowest BCUT2D eigenvalue weighted by molar-refractivity contribution is 1.17. The maximum absolute atomic E-state index is 4.08. The molecule has 27 heavy (non-hydrogen) atoms. The van der Waals surface area contributed by atoms with Crippen LogP contribution < -0.4 is 0 Å². The highest BCUT2D eigenvalue weighted by Crippen LogP contribution is 2.28. The molecular formula is C23H18N4. The van der Waals surface area contributed by atoms with Gasteiger partial charge in [0, 0.05) is 35.9 Å². The van der Waals surface area contributed by atoms with Crippen molar-refractivity contribution in [3.05, 3.63) is 103 Å². The normalized spacial score (nSPS) is 10.4. The van der Waals surface area contributed by atoms with Crippen molar-refractivity contribution < 1.29 is 0 Å². The molecule has 4 nitrogen and oxygen atoms in total. The SMILES string of the molecule is CC=C(c1ccc(-c2cncnc2)cc1)c1ccc(-c2cncnc2)cc1. The van der Waals surface area contributed by atoms with Crippen LogP contribution in [0.1, 0.15) is 18.1 Å². The molecule has 0 aliphatic rings. The lowest BCUT2D eigenvalue weighted by Gasteiger charge is -2.10. The Kier molecular flexibility index (Phi) is 4.79. The van der Waals surface area contributed by atoms with Crippen LogP contribution in [0, 0.1) is 0 Å². The van der Waals surface area contributed by atoms with Gasteiger partial charge in [-0.05, 0) is 34.8 Å². The smallest absolute Gasteiger partial charge is 0.115 e. The Morgan fingerprint density at radius 3 is 1.26 bits per heavy atom. The monoisotopic (exact) mass is 350 g/mol. The van der Waals surface area contributed by atoms with Crippen LogP contribution in [-0.4, -0.2) is 19.9 Å². The summed E-state index contributed by atoms with van der Waals surface area (Å²) < 4.78 is 0. The van der Waals surface area contributed by atoms with Crippen molar-refractivity contribution in [1.82, 2.24) is 19.9 Å². The third kappa shape index (κ3) is 3.65. The van der Waals surface area contributed by atoms with E-state index in [9.17, 15) is 0 Å². The quantitative estimate of drug-likeness (QED) is 0.517. The molecule has 0 spiro atoms. The molecule has 130 valence electrons. The van der Waals surface area contributed by atoms with E-state index >= 15 is 0 Å². The summed E-state index contributed by atoms with van der Waals surface area (Å²) in [6.07, 6.45) is 12.5. The minimum atomic E-state index is 1.01. The highest BCUT2D eigenvalue weighted by Gasteiger charge is 2.06. The number of allylic oxidation sites excluding steroid dienone is 1. The predicted molar refractivity (Wildman–Crippen MR) is 108 cm³/mol. The molecule has 0 aliphatic heterocycles. The molecule has 4 rings (SSSR count). The van der Waals surface area contributed by atoms with Gasteiger partial charge in [-0.3, -0.25) is 0 Å². The first-order valence-electron chi connectivity index (χ1n) is 8.73. The molecule has 0 bridgehead atoms. The van der Waals surface area contributed by atoms with E-state index in [0.29, 0.717) is 0 Å².